The minimum atomic E-state index is -0.636. The van der Waals surface area contributed by atoms with E-state index in [-0.39, 0.29) is 32.7 Å². The summed E-state index contributed by atoms with van der Waals surface area (Å²) in [6.07, 6.45) is 2.18. The fourth-order valence-electron chi connectivity index (χ4n) is 1.17. The Hall–Kier alpha value is -0.466. The van der Waals surface area contributed by atoms with Crippen LogP contribution in [0.4, 0.5) is 0 Å². The van der Waals surface area contributed by atoms with Gasteiger partial charge in [0.15, 0.2) is 0 Å². The summed E-state index contributed by atoms with van der Waals surface area (Å²) >= 11 is 0. The van der Waals surface area contributed by atoms with Crippen molar-refractivity contribution in [3.63, 3.8) is 0 Å². The normalized spacial score (nSPS) is 10.0. The third kappa shape index (κ3) is 4.27. The van der Waals surface area contributed by atoms with E-state index in [9.17, 15) is 4.79 Å². The first-order valence-corrected chi connectivity index (χ1v) is 4.38. The van der Waals surface area contributed by atoms with Gasteiger partial charge < -0.3 is 10.8 Å². The van der Waals surface area contributed by atoms with Crippen LogP contribution < -0.4 is 0 Å². The van der Waals surface area contributed by atoms with E-state index < -0.39 is 11.6 Å². The van der Waals surface area contributed by atoms with Crippen LogP contribution in [0.25, 0.3) is 0 Å². The molecule has 3 heteroatoms. The molecule has 0 heterocycles. The van der Waals surface area contributed by atoms with Crippen molar-refractivity contribution in [1.29, 1.82) is 0 Å². The van der Waals surface area contributed by atoms with Crippen LogP contribution in [0.2, 0.25) is 0 Å². The summed E-state index contributed by atoms with van der Waals surface area (Å²) in [5.74, 6) is -0.529. The fraction of sp³-hybridized carbons (Fsp3) is 0.250. The molecule has 1 rings (SSSR count). The Morgan fingerprint density at radius 2 is 1.87 bits per heavy atom. The molecule has 0 spiro atoms. The summed E-state index contributed by atoms with van der Waals surface area (Å²) in [5, 5.41) is 0. The maximum Gasteiger partial charge on any atom is 0.148 e. The maximum absolute atomic E-state index is 11.0. The van der Waals surface area contributed by atoms with Crippen molar-refractivity contribution in [2.45, 2.75) is 19.4 Å². The van der Waals surface area contributed by atoms with E-state index in [1.165, 1.54) is 0 Å². The van der Waals surface area contributed by atoms with Gasteiger partial charge >= 0.3 is 0 Å². The van der Waals surface area contributed by atoms with Crippen molar-refractivity contribution in [1.82, 2.24) is 0 Å². The molecule has 0 amide bonds. The van der Waals surface area contributed by atoms with Gasteiger partial charge in [-0.3, -0.25) is 11.4 Å². The molecular weight excluding hydrogens is 265 g/mol. The zero-order valence-corrected chi connectivity index (χ0v) is 11.8. The molecule has 0 unspecified atom stereocenters. The van der Waals surface area contributed by atoms with E-state index in [4.69, 9.17) is 4.74 Å². The molecule has 1 aromatic rings. The van der Waals surface area contributed by atoms with Gasteiger partial charge in [-0.25, -0.2) is 0 Å². The fourth-order valence-corrected chi connectivity index (χ4v) is 1.17. The quantitative estimate of drug-likeness (QED) is 0.482. The van der Waals surface area contributed by atoms with Crippen molar-refractivity contribution in [3.05, 3.63) is 48.6 Å². The van der Waals surface area contributed by atoms with Crippen LogP contribution >= 0.6 is 0 Å². The van der Waals surface area contributed by atoms with Gasteiger partial charge in [0.2, 0.25) is 0 Å². The van der Waals surface area contributed by atoms with Crippen LogP contribution in [0.3, 0.4) is 0 Å². The van der Waals surface area contributed by atoms with Crippen LogP contribution in [-0.2, 0) is 47.8 Å². The molecule has 0 bridgehead atoms. The first kappa shape index (κ1) is 14.5. The monoisotopic (exact) mass is 278 g/mol. The Balaban J connectivity index is 0.00000196. The predicted molar refractivity (Wildman–Crippen MR) is 54.4 cm³/mol. The van der Waals surface area contributed by atoms with Crippen LogP contribution in [0.15, 0.2) is 36.9 Å². The number of benzene rings is 1. The molecule has 2 nitrogen and oxygen atoms in total. The Bertz CT molecular complexity index is 331. The first-order chi connectivity index (χ1) is 6.56. The van der Waals surface area contributed by atoms with Crippen molar-refractivity contribution in [2.75, 3.05) is 0 Å². The molecule has 0 N–H and O–H groups in total. The van der Waals surface area contributed by atoms with Crippen molar-refractivity contribution in [3.8, 4) is 0 Å². The molecule has 0 saturated carbocycles. The number of ether oxygens (including phenoxy) is 1. The van der Waals surface area contributed by atoms with Gasteiger partial charge in [-0.05, 0) is 19.4 Å². The standard InChI is InChI=1S/C12H13O2.Y/c1-4-11(13)14-12(2,3)10-8-6-5-7-9-10;/h5-9H,1H2,2-3H3;/q-1;. The minimum Gasteiger partial charge on any atom is -0.479 e. The van der Waals surface area contributed by atoms with E-state index in [1.807, 2.05) is 44.2 Å². The maximum atomic E-state index is 11.0. The second-order valence-corrected chi connectivity index (χ2v) is 3.44. The number of hydrogen-bond donors (Lipinski definition) is 0. The van der Waals surface area contributed by atoms with Gasteiger partial charge in [0.25, 0.3) is 0 Å². The Morgan fingerprint density at radius 3 is 2.33 bits per heavy atom. The third-order valence-electron chi connectivity index (χ3n) is 1.96. The summed E-state index contributed by atoms with van der Waals surface area (Å²) in [5.41, 5.74) is 0.312. The van der Waals surface area contributed by atoms with Crippen LogP contribution in [0.1, 0.15) is 19.4 Å². The molecule has 1 radical (unpaired) electrons. The molecule has 0 fully saturated rings. The largest absolute Gasteiger partial charge is 0.479 e. The SMILES string of the molecule is C=[C-]C(=O)OC(C)(C)c1ccccc1.[Y]. The summed E-state index contributed by atoms with van der Waals surface area (Å²) < 4.78 is 5.16. The van der Waals surface area contributed by atoms with Crippen LogP contribution in [-0.4, -0.2) is 5.97 Å². The average Bonchev–Trinajstić information content (AvgIpc) is 2.18. The van der Waals surface area contributed by atoms with Gasteiger partial charge in [0, 0.05) is 32.7 Å². The van der Waals surface area contributed by atoms with Gasteiger partial charge in [-0.15, -0.1) is 0 Å². The molecule has 0 aliphatic rings. The average molecular weight is 278 g/mol. The number of carbonyl (C=O) groups excluding carboxylic acids is 1. The summed E-state index contributed by atoms with van der Waals surface area (Å²) in [7, 11) is 0. The molecular formula is C12H13O2Y-. The van der Waals surface area contributed by atoms with E-state index in [1.54, 1.807) is 0 Å². The van der Waals surface area contributed by atoms with Crippen LogP contribution in [0.5, 0.6) is 0 Å². The molecule has 0 atom stereocenters. The molecule has 1 aromatic carbocycles. The minimum absolute atomic E-state index is 0. The molecule has 0 aliphatic carbocycles. The number of hydrogen-bond acceptors (Lipinski definition) is 2. The van der Waals surface area contributed by atoms with Gasteiger partial charge in [0.05, 0.1) is 0 Å². The second kappa shape index (κ2) is 6.19. The van der Waals surface area contributed by atoms with E-state index in [2.05, 4.69) is 12.7 Å². The Morgan fingerprint density at radius 1 is 1.33 bits per heavy atom. The predicted octanol–water partition coefficient (Wildman–Crippen LogP) is 2.45. The van der Waals surface area contributed by atoms with Gasteiger partial charge in [-0.2, -0.15) is 0 Å². The van der Waals surface area contributed by atoms with Gasteiger partial charge in [0.1, 0.15) is 11.6 Å². The first-order valence-electron chi connectivity index (χ1n) is 4.38. The summed E-state index contributed by atoms with van der Waals surface area (Å²) in [6, 6.07) is 9.55. The molecule has 0 aromatic heterocycles. The number of carbonyl (C=O) groups is 1. The molecule has 0 saturated heterocycles. The number of rotatable bonds is 3. The van der Waals surface area contributed by atoms with Crippen molar-refractivity contribution >= 4 is 5.97 Å². The van der Waals surface area contributed by atoms with Crippen molar-refractivity contribution in [2.24, 2.45) is 0 Å². The Labute approximate surface area is 116 Å². The van der Waals surface area contributed by atoms with Crippen LogP contribution in [0, 0.1) is 6.08 Å². The topological polar surface area (TPSA) is 26.3 Å². The van der Waals surface area contributed by atoms with Gasteiger partial charge in [-0.1, -0.05) is 30.3 Å². The second-order valence-electron chi connectivity index (χ2n) is 3.44. The zero-order valence-electron chi connectivity index (χ0n) is 8.99. The van der Waals surface area contributed by atoms with E-state index in [0.717, 1.165) is 5.56 Å². The summed E-state index contributed by atoms with van der Waals surface area (Å²) in [6.45, 7) is 6.90. The van der Waals surface area contributed by atoms with E-state index >= 15 is 0 Å². The third-order valence-corrected chi connectivity index (χ3v) is 1.96. The van der Waals surface area contributed by atoms with Crippen molar-refractivity contribution < 1.29 is 42.2 Å². The van der Waals surface area contributed by atoms with E-state index in [0.29, 0.717) is 0 Å². The summed E-state index contributed by atoms with van der Waals surface area (Å²) in [4.78, 5) is 11.0. The molecule has 15 heavy (non-hydrogen) atoms. The Kier molecular flexibility index (Phi) is 6.00. The molecule has 0 aliphatic heterocycles. The zero-order chi connectivity index (χ0) is 10.6. The smallest absolute Gasteiger partial charge is 0.148 e. The molecule has 77 valence electrons. The number of esters is 1.